The summed E-state index contributed by atoms with van der Waals surface area (Å²) in [5.74, 6) is 0.824. The zero-order valence-corrected chi connectivity index (χ0v) is 13.6. The minimum atomic E-state index is 0.459. The minimum Gasteiger partial charge on any atom is -0.376 e. The Morgan fingerprint density at radius 1 is 1.23 bits per heavy atom. The lowest BCUT2D eigenvalue weighted by molar-refractivity contribution is 0.0468. The molecule has 0 radical (unpaired) electrons. The van der Waals surface area contributed by atoms with Crippen LogP contribution >= 0.6 is 0 Å². The van der Waals surface area contributed by atoms with E-state index in [1.165, 1.54) is 38.5 Å². The molecule has 0 amide bonds. The van der Waals surface area contributed by atoms with Crippen molar-refractivity contribution in [1.29, 1.82) is 0 Å². The van der Waals surface area contributed by atoms with Gasteiger partial charge >= 0.3 is 0 Å². The van der Waals surface area contributed by atoms with Crippen molar-refractivity contribution in [3.63, 3.8) is 0 Å². The van der Waals surface area contributed by atoms with Gasteiger partial charge in [0.2, 0.25) is 0 Å². The third kappa shape index (κ3) is 6.47. The molecule has 0 spiro atoms. The van der Waals surface area contributed by atoms with Crippen molar-refractivity contribution >= 4 is 5.96 Å². The molecule has 6 nitrogen and oxygen atoms in total. The summed E-state index contributed by atoms with van der Waals surface area (Å²) in [6.07, 6.45) is 13.8. The van der Waals surface area contributed by atoms with Gasteiger partial charge in [0.05, 0.1) is 19.0 Å². The Labute approximate surface area is 133 Å². The van der Waals surface area contributed by atoms with Crippen LogP contribution in [0.1, 0.15) is 38.5 Å². The highest BCUT2D eigenvalue weighted by Crippen LogP contribution is 2.19. The number of hydrogen-bond acceptors (Lipinski definition) is 3. The summed E-state index contributed by atoms with van der Waals surface area (Å²) >= 11 is 0. The molecule has 1 saturated carbocycles. The molecule has 6 heteroatoms. The normalized spacial score (nSPS) is 17.2. The molecule has 1 fully saturated rings. The summed E-state index contributed by atoms with van der Waals surface area (Å²) in [5, 5.41) is 6.58. The molecule has 2 rings (SSSR count). The highest BCUT2D eigenvalue weighted by Gasteiger charge is 2.11. The summed E-state index contributed by atoms with van der Waals surface area (Å²) in [4.78, 5) is 8.24. The van der Waals surface area contributed by atoms with Crippen molar-refractivity contribution in [1.82, 2.24) is 20.2 Å². The van der Waals surface area contributed by atoms with Crippen LogP contribution in [0, 0.1) is 0 Å². The van der Waals surface area contributed by atoms with Crippen LogP contribution in [0.3, 0.4) is 0 Å². The van der Waals surface area contributed by atoms with E-state index in [-0.39, 0.29) is 0 Å². The van der Waals surface area contributed by atoms with Crippen LogP contribution in [-0.2, 0) is 11.3 Å². The number of aromatic nitrogens is 2. The molecule has 124 valence electrons. The van der Waals surface area contributed by atoms with Gasteiger partial charge in [0.15, 0.2) is 5.96 Å². The van der Waals surface area contributed by atoms with Gasteiger partial charge in [-0.15, -0.1) is 0 Å². The van der Waals surface area contributed by atoms with Crippen LogP contribution in [0.5, 0.6) is 0 Å². The number of imidazole rings is 1. The molecular formula is C16H29N5O. The fourth-order valence-electron chi connectivity index (χ4n) is 2.75. The lowest BCUT2D eigenvalue weighted by Gasteiger charge is -2.16. The summed E-state index contributed by atoms with van der Waals surface area (Å²) in [6, 6.07) is 0. The van der Waals surface area contributed by atoms with Crippen LogP contribution in [0.2, 0.25) is 0 Å². The van der Waals surface area contributed by atoms with Gasteiger partial charge in [-0.05, 0) is 12.8 Å². The molecule has 1 heterocycles. The van der Waals surface area contributed by atoms with Gasteiger partial charge in [-0.1, -0.05) is 25.7 Å². The van der Waals surface area contributed by atoms with E-state index in [1.807, 2.05) is 17.1 Å². The van der Waals surface area contributed by atoms with Crippen LogP contribution in [0.4, 0.5) is 0 Å². The third-order valence-electron chi connectivity index (χ3n) is 4.00. The Morgan fingerprint density at radius 3 is 2.68 bits per heavy atom. The van der Waals surface area contributed by atoms with E-state index < -0.39 is 0 Å². The third-order valence-corrected chi connectivity index (χ3v) is 4.00. The SMILES string of the molecule is CN=C(NCCOC1CCCCCC1)NCCn1ccnc1. The topological polar surface area (TPSA) is 63.5 Å². The van der Waals surface area contributed by atoms with E-state index in [9.17, 15) is 0 Å². The fourth-order valence-corrected chi connectivity index (χ4v) is 2.75. The van der Waals surface area contributed by atoms with E-state index in [1.54, 1.807) is 13.2 Å². The number of hydrogen-bond donors (Lipinski definition) is 2. The summed E-state index contributed by atoms with van der Waals surface area (Å²) in [5.41, 5.74) is 0. The second-order valence-electron chi connectivity index (χ2n) is 5.71. The highest BCUT2D eigenvalue weighted by molar-refractivity contribution is 5.79. The van der Waals surface area contributed by atoms with E-state index in [4.69, 9.17) is 4.74 Å². The zero-order valence-electron chi connectivity index (χ0n) is 13.6. The molecule has 0 bridgehead atoms. The molecule has 0 aromatic carbocycles. The lowest BCUT2D eigenvalue weighted by Crippen LogP contribution is -2.40. The van der Waals surface area contributed by atoms with Crippen molar-refractivity contribution in [2.75, 3.05) is 26.7 Å². The Hall–Kier alpha value is -1.56. The Bertz CT molecular complexity index is 410. The van der Waals surface area contributed by atoms with Gasteiger partial charge in [-0.25, -0.2) is 4.98 Å². The van der Waals surface area contributed by atoms with Crippen molar-refractivity contribution in [2.45, 2.75) is 51.2 Å². The minimum absolute atomic E-state index is 0.459. The molecule has 0 atom stereocenters. The molecule has 0 unspecified atom stereocenters. The van der Waals surface area contributed by atoms with Gasteiger partial charge in [0.25, 0.3) is 0 Å². The molecule has 1 aromatic heterocycles. The molecule has 0 saturated heterocycles. The molecular weight excluding hydrogens is 278 g/mol. The van der Waals surface area contributed by atoms with Crippen molar-refractivity contribution in [3.8, 4) is 0 Å². The Balaban J connectivity index is 1.54. The van der Waals surface area contributed by atoms with E-state index >= 15 is 0 Å². The second-order valence-corrected chi connectivity index (χ2v) is 5.71. The van der Waals surface area contributed by atoms with Gasteiger partial charge < -0.3 is 19.9 Å². The van der Waals surface area contributed by atoms with Gasteiger partial charge in [-0.2, -0.15) is 0 Å². The van der Waals surface area contributed by atoms with Crippen LogP contribution in [-0.4, -0.2) is 48.4 Å². The number of aliphatic imine (C=N–C) groups is 1. The molecule has 2 N–H and O–H groups in total. The number of ether oxygens (including phenoxy) is 1. The standard InChI is InChI=1S/C16H29N5O/c1-17-16(19-9-12-21-11-8-18-14-21)20-10-13-22-15-6-4-2-3-5-7-15/h8,11,14-15H,2-7,9-10,12-13H2,1H3,(H2,17,19,20). The predicted molar refractivity (Wildman–Crippen MR) is 89.0 cm³/mol. The van der Waals surface area contributed by atoms with Crippen molar-refractivity contribution in [3.05, 3.63) is 18.7 Å². The number of rotatable bonds is 7. The number of nitrogens with one attached hydrogen (secondary N) is 2. The van der Waals surface area contributed by atoms with E-state index in [0.717, 1.165) is 32.2 Å². The monoisotopic (exact) mass is 307 g/mol. The van der Waals surface area contributed by atoms with Crippen molar-refractivity contribution in [2.24, 2.45) is 4.99 Å². The number of nitrogens with zero attached hydrogens (tertiary/aromatic N) is 3. The Morgan fingerprint density at radius 2 is 2.00 bits per heavy atom. The average Bonchev–Trinajstić information content (AvgIpc) is 2.92. The fraction of sp³-hybridized carbons (Fsp3) is 0.750. The molecule has 1 aromatic rings. The molecule has 22 heavy (non-hydrogen) atoms. The average molecular weight is 307 g/mol. The molecule has 1 aliphatic rings. The quantitative estimate of drug-likeness (QED) is 0.349. The largest absolute Gasteiger partial charge is 0.376 e. The van der Waals surface area contributed by atoms with Crippen LogP contribution in [0.25, 0.3) is 0 Å². The first kappa shape index (κ1) is 16.8. The van der Waals surface area contributed by atoms with Gasteiger partial charge in [0, 0.05) is 39.1 Å². The van der Waals surface area contributed by atoms with Crippen LogP contribution < -0.4 is 10.6 Å². The molecule has 0 aliphatic heterocycles. The van der Waals surface area contributed by atoms with Crippen LogP contribution in [0.15, 0.2) is 23.7 Å². The maximum atomic E-state index is 5.96. The van der Waals surface area contributed by atoms with E-state index in [0.29, 0.717) is 6.10 Å². The first-order valence-corrected chi connectivity index (χ1v) is 8.40. The maximum absolute atomic E-state index is 5.96. The lowest BCUT2D eigenvalue weighted by atomic mass is 10.1. The second kappa shape index (κ2) is 10.2. The predicted octanol–water partition coefficient (Wildman–Crippen LogP) is 1.79. The first-order valence-electron chi connectivity index (χ1n) is 8.40. The van der Waals surface area contributed by atoms with E-state index in [2.05, 4.69) is 20.6 Å². The first-order chi connectivity index (χ1) is 10.9. The highest BCUT2D eigenvalue weighted by atomic mass is 16.5. The van der Waals surface area contributed by atoms with Crippen molar-refractivity contribution < 1.29 is 4.74 Å². The zero-order chi connectivity index (χ0) is 15.5. The number of guanidine groups is 1. The summed E-state index contributed by atoms with van der Waals surface area (Å²) in [6.45, 7) is 3.23. The Kier molecular flexibility index (Phi) is 7.80. The van der Waals surface area contributed by atoms with Gasteiger partial charge in [0.1, 0.15) is 0 Å². The maximum Gasteiger partial charge on any atom is 0.191 e. The smallest absolute Gasteiger partial charge is 0.191 e. The van der Waals surface area contributed by atoms with Gasteiger partial charge in [-0.3, -0.25) is 4.99 Å². The summed E-state index contributed by atoms with van der Waals surface area (Å²) in [7, 11) is 1.79. The molecule has 1 aliphatic carbocycles. The summed E-state index contributed by atoms with van der Waals surface area (Å²) < 4.78 is 8.00.